The molecule has 70 valence electrons. The van der Waals surface area contributed by atoms with E-state index in [1.165, 1.54) is 13.2 Å². The summed E-state index contributed by atoms with van der Waals surface area (Å²) in [5.74, 6) is 0.140. The highest BCUT2D eigenvalue weighted by atomic mass is 16.6. The summed E-state index contributed by atoms with van der Waals surface area (Å²) >= 11 is 0. The molecule has 0 saturated carbocycles. The number of aromatic hydroxyl groups is 1. The molecule has 5 nitrogen and oxygen atoms in total. The highest BCUT2D eigenvalue weighted by Gasteiger charge is 2.16. The van der Waals surface area contributed by atoms with Crippen LogP contribution in [0.3, 0.4) is 0 Å². The number of phenolic OH excluding ortho intramolecular Hbond substituents is 1. The molecule has 0 radical (unpaired) electrons. The van der Waals surface area contributed by atoms with Gasteiger partial charge in [-0.25, -0.2) is 0 Å². The molecule has 0 unspecified atom stereocenters. The van der Waals surface area contributed by atoms with Crippen LogP contribution in [0.5, 0.6) is 11.5 Å². The molecule has 0 aromatic heterocycles. The third-order valence-corrected chi connectivity index (χ3v) is 1.73. The Labute approximate surface area is 74.7 Å². The van der Waals surface area contributed by atoms with Crippen molar-refractivity contribution >= 4 is 5.69 Å². The van der Waals surface area contributed by atoms with Crippen molar-refractivity contribution < 1.29 is 14.8 Å². The standard InChI is InChI=1S/C8H9NO4/c1-5-7(9(11)12)3-6(10)4-8(5)13-2/h3-4,10H,1-2H3. The molecule has 5 heteroatoms. The van der Waals surface area contributed by atoms with E-state index in [4.69, 9.17) is 9.84 Å². The summed E-state index contributed by atoms with van der Waals surface area (Å²) in [5.41, 5.74) is 0.266. The second-order valence-corrected chi connectivity index (χ2v) is 2.55. The largest absolute Gasteiger partial charge is 0.508 e. The van der Waals surface area contributed by atoms with Gasteiger partial charge >= 0.3 is 0 Å². The Balaban J connectivity index is 3.35. The maximum atomic E-state index is 10.5. The van der Waals surface area contributed by atoms with Gasteiger partial charge in [-0.2, -0.15) is 0 Å². The van der Waals surface area contributed by atoms with E-state index in [1.807, 2.05) is 0 Å². The van der Waals surface area contributed by atoms with E-state index in [1.54, 1.807) is 6.92 Å². The first-order chi connectivity index (χ1) is 6.06. The monoisotopic (exact) mass is 183 g/mol. The number of nitrogens with zero attached hydrogens (tertiary/aromatic N) is 1. The zero-order valence-electron chi connectivity index (χ0n) is 7.27. The average molecular weight is 183 g/mol. The molecule has 0 saturated heterocycles. The van der Waals surface area contributed by atoms with Crippen molar-refractivity contribution in [3.8, 4) is 11.5 Å². The first-order valence-corrected chi connectivity index (χ1v) is 3.58. The Bertz CT molecular complexity index is 348. The number of nitro benzene ring substituents is 1. The summed E-state index contributed by atoms with van der Waals surface area (Å²) in [5, 5.41) is 19.6. The quantitative estimate of drug-likeness (QED) is 0.558. The molecular formula is C8H9NO4. The maximum absolute atomic E-state index is 10.5. The Kier molecular flexibility index (Phi) is 2.36. The third-order valence-electron chi connectivity index (χ3n) is 1.73. The molecular weight excluding hydrogens is 174 g/mol. The van der Waals surface area contributed by atoms with Crippen LogP contribution in [0.2, 0.25) is 0 Å². The molecule has 0 aliphatic rings. The number of rotatable bonds is 2. The van der Waals surface area contributed by atoms with Crippen LogP contribution in [0, 0.1) is 17.0 Å². The van der Waals surface area contributed by atoms with Gasteiger partial charge in [-0.3, -0.25) is 10.1 Å². The van der Waals surface area contributed by atoms with E-state index in [9.17, 15) is 10.1 Å². The molecule has 0 fully saturated rings. The van der Waals surface area contributed by atoms with Crippen LogP contribution in [0.1, 0.15) is 5.56 Å². The van der Waals surface area contributed by atoms with Crippen LogP contribution in [0.4, 0.5) is 5.69 Å². The number of hydrogen-bond acceptors (Lipinski definition) is 4. The first-order valence-electron chi connectivity index (χ1n) is 3.58. The number of nitro groups is 1. The molecule has 0 aliphatic heterocycles. The predicted molar refractivity (Wildman–Crippen MR) is 46.1 cm³/mol. The van der Waals surface area contributed by atoms with E-state index in [0.717, 1.165) is 6.07 Å². The summed E-state index contributed by atoms with van der Waals surface area (Å²) in [6.07, 6.45) is 0. The average Bonchev–Trinajstić information content (AvgIpc) is 2.08. The van der Waals surface area contributed by atoms with Crippen LogP contribution in [-0.4, -0.2) is 17.1 Å². The molecule has 13 heavy (non-hydrogen) atoms. The van der Waals surface area contributed by atoms with E-state index >= 15 is 0 Å². The fourth-order valence-electron chi connectivity index (χ4n) is 1.06. The van der Waals surface area contributed by atoms with E-state index in [0.29, 0.717) is 11.3 Å². The van der Waals surface area contributed by atoms with E-state index in [-0.39, 0.29) is 11.4 Å². The summed E-state index contributed by atoms with van der Waals surface area (Å²) in [7, 11) is 1.39. The minimum Gasteiger partial charge on any atom is -0.508 e. The molecule has 0 atom stereocenters. The van der Waals surface area contributed by atoms with Crippen molar-refractivity contribution in [3.63, 3.8) is 0 Å². The van der Waals surface area contributed by atoms with Crippen LogP contribution in [0.25, 0.3) is 0 Å². The minimum absolute atomic E-state index is 0.142. The van der Waals surface area contributed by atoms with Gasteiger partial charge < -0.3 is 9.84 Å². The van der Waals surface area contributed by atoms with Gasteiger partial charge in [0.2, 0.25) is 0 Å². The van der Waals surface area contributed by atoms with Crippen molar-refractivity contribution in [1.82, 2.24) is 0 Å². The lowest BCUT2D eigenvalue weighted by molar-refractivity contribution is -0.385. The number of hydrogen-bond donors (Lipinski definition) is 1. The van der Waals surface area contributed by atoms with E-state index in [2.05, 4.69) is 0 Å². The minimum atomic E-state index is -0.558. The number of methoxy groups -OCH3 is 1. The van der Waals surface area contributed by atoms with Gasteiger partial charge in [0.05, 0.1) is 23.7 Å². The second kappa shape index (κ2) is 3.30. The number of phenols is 1. The first kappa shape index (κ1) is 9.31. The van der Waals surface area contributed by atoms with Crippen molar-refractivity contribution in [2.45, 2.75) is 6.92 Å². The summed E-state index contributed by atoms with van der Waals surface area (Å²) in [6.45, 7) is 1.57. The molecule has 0 aliphatic carbocycles. The Morgan fingerprint density at radius 3 is 2.62 bits per heavy atom. The third kappa shape index (κ3) is 1.69. The Morgan fingerprint density at radius 2 is 2.15 bits per heavy atom. The fraction of sp³-hybridized carbons (Fsp3) is 0.250. The fourth-order valence-corrected chi connectivity index (χ4v) is 1.06. The van der Waals surface area contributed by atoms with Crippen LogP contribution >= 0.6 is 0 Å². The normalized spacial score (nSPS) is 9.69. The van der Waals surface area contributed by atoms with Crippen molar-refractivity contribution in [3.05, 3.63) is 27.8 Å². The maximum Gasteiger partial charge on any atom is 0.279 e. The van der Waals surface area contributed by atoms with E-state index < -0.39 is 4.92 Å². The molecule has 1 aromatic rings. The van der Waals surface area contributed by atoms with Crippen LogP contribution in [-0.2, 0) is 0 Å². The van der Waals surface area contributed by atoms with Crippen LogP contribution < -0.4 is 4.74 Å². The van der Waals surface area contributed by atoms with Gasteiger partial charge in [0.1, 0.15) is 11.5 Å². The predicted octanol–water partition coefficient (Wildman–Crippen LogP) is 1.62. The Morgan fingerprint density at radius 1 is 1.54 bits per heavy atom. The van der Waals surface area contributed by atoms with Gasteiger partial charge in [-0.15, -0.1) is 0 Å². The molecule has 0 bridgehead atoms. The molecule has 1 rings (SSSR count). The summed E-state index contributed by atoms with van der Waals surface area (Å²) in [4.78, 5) is 9.92. The lowest BCUT2D eigenvalue weighted by Crippen LogP contribution is -1.94. The lowest BCUT2D eigenvalue weighted by atomic mass is 10.2. The molecule has 0 heterocycles. The number of ether oxygens (including phenoxy) is 1. The van der Waals surface area contributed by atoms with Gasteiger partial charge in [0.15, 0.2) is 0 Å². The molecule has 1 N–H and O–H groups in total. The van der Waals surface area contributed by atoms with Crippen molar-refractivity contribution in [1.29, 1.82) is 0 Å². The molecule has 1 aromatic carbocycles. The highest BCUT2D eigenvalue weighted by Crippen LogP contribution is 2.31. The smallest absolute Gasteiger partial charge is 0.279 e. The second-order valence-electron chi connectivity index (χ2n) is 2.55. The highest BCUT2D eigenvalue weighted by molar-refractivity contribution is 5.53. The van der Waals surface area contributed by atoms with Crippen molar-refractivity contribution in [2.75, 3.05) is 7.11 Å². The molecule has 0 amide bonds. The topological polar surface area (TPSA) is 72.6 Å². The number of benzene rings is 1. The van der Waals surface area contributed by atoms with Crippen LogP contribution in [0.15, 0.2) is 12.1 Å². The van der Waals surface area contributed by atoms with Gasteiger partial charge in [-0.1, -0.05) is 0 Å². The summed E-state index contributed by atoms with van der Waals surface area (Å²) < 4.78 is 4.85. The molecule has 0 spiro atoms. The van der Waals surface area contributed by atoms with Crippen molar-refractivity contribution in [2.24, 2.45) is 0 Å². The zero-order valence-corrected chi connectivity index (χ0v) is 7.27. The Hall–Kier alpha value is -1.78. The van der Waals surface area contributed by atoms with Gasteiger partial charge in [0.25, 0.3) is 5.69 Å². The summed E-state index contributed by atoms with van der Waals surface area (Å²) in [6, 6.07) is 2.43. The van der Waals surface area contributed by atoms with Gasteiger partial charge in [-0.05, 0) is 6.92 Å². The lowest BCUT2D eigenvalue weighted by Gasteiger charge is -2.04. The SMILES string of the molecule is COc1cc(O)cc([N+](=O)[O-])c1C. The zero-order chi connectivity index (χ0) is 10.0. The van der Waals surface area contributed by atoms with Gasteiger partial charge in [0, 0.05) is 6.07 Å².